The molecule has 2 rings (SSSR count). The van der Waals surface area contributed by atoms with Crippen LogP contribution in [0.2, 0.25) is 0 Å². The zero-order valence-corrected chi connectivity index (χ0v) is 13.0. The van der Waals surface area contributed by atoms with Crippen molar-refractivity contribution in [1.82, 2.24) is 9.78 Å². The van der Waals surface area contributed by atoms with Crippen molar-refractivity contribution >= 4 is 15.7 Å². The van der Waals surface area contributed by atoms with Crippen LogP contribution in [0.5, 0.6) is 5.88 Å². The van der Waals surface area contributed by atoms with E-state index in [1.165, 1.54) is 30.8 Å². The highest BCUT2D eigenvalue weighted by atomic mass is 32.2. The van der Waals surface area contributed by atoms with Crippen molar-refractivity contribution in [2.24, 2.45) is 7.05 Å². The number of ether oxygens (including phenoxy) is 1. The molecule has 1 aromatic heterocycles. The van der Waals surface area contributed by atoms with E-state index in [0.717, 1.165) is 6.07 Å². The number of aryl methyl sites for hydroxylation is 3. The first-order valence-electron chi connectivity index (χ1n) is 6.13. The molecule has 0 radical (unpaired) electrons. The molecule has 0 saturated carbocycles. The first-order valence-corrected chi connectivity index (χ1v) is 7.61. The van der Waals surface area contributed by atoms with Gasteiger partial charge in [0.05, 0.1) is 17.7 Å². The lowest BCUT2D eigenvalue weighted by Crippen LogP contribution is -2.14. The summed E-state index contributed by atoms with van der Waals surface area (Å²) in [6.45, 7) is 3.17. The van der Waals surface area contributed by atoms with Gasteiger partial charge in [0.1, 0.15) is 11.5 Å². The van der Waals surface area contributed by atoms with Gasteiger partial charge in [-0.1, -0.05) is 0 Å². The summed E-state index contributed by atoms with van der Waals surface area (Å²) in [6.07, 6.45) is 0. The maximum Gasteiger partial charge on any atom is 0.262 e. The van der Waals surface area contributed by atoms with Gasteiger partial charge in [-0.25, -0.2) is 17.5 Å². The van der Waals surface area contributed by atoms with Gasteiger partial charge < -0.3 is 4.74 Å². The fraction of sp³-hybridized carbons (Fsp3) is 0.308. The topological polar surface area (TPSA) is 73.2 Å². The highest BCUT2D eigenvalue weighted by Gasteiger charge is 2.22. The quantitative estimate of drug-likeness (QED) is 0.937. The fourth-order valence-electron chi connectivity index (χ4n) is 1.97. The van der Waals surface area contributed by atoms with Crippen LogP contribution in [-0.4, -0.2) is 25.3 Å². The van der Waals surface area contributed by atoms with Gasteiger partial charge in [0.25, 0.3) is 10.0 Å². The molecule has 1 aromatic carbocycles. The number of hydrogen-bond acceptors (Lipinski definition) is 4. The third kappa shape index (κ3) is 2.85. The molecular weight excluding hydrogens is 297 g/mol. The van der Waals surface area contributed by atoms with E-state index >= 15 is 0 Å². The molecule has 114 valence electrons. The molecule has 1 N–H and O–H groups in total. The van der Waals surface area contributed by atoms with E-state index in [0.29, 0.717) is 11.6 Å². The summed E-state index contributed by atoms with van der Waals surface area (Å²) >= 11 is 0. The molecule has 0 amide bonds. The van der Waals surface area contributed by atoms with Crippen molar-refractivity contribution < 1.29 is 17.5 Å². The van der Waals surface area contributed by atoms with Gasteiger partial charge in [0, 0.05) is 7.05 Å². The van der Waals surface area contributed by atoms with Crippen LogP contribution in [0.3, 0.4) is 0 Å². The summed E-state index contributed by atoms with van der Waals surface area (Å²) in [5.74, 6) is -0.154. The van der Waals surface area contributed by atoms with Gasteiger partial charge in [-0.3, -0.25) is 4.72 Å². The van der Waals surface area contributed by atoms with Crippen LogP contribution in [-0.2, 0) is 17.1 Å². The Morgan fingerprint density at radius 2 is 2.00 bits per heavy atom. The highest BCUT2D eigenvalue weighted by molar-refractivity contribution is 7.92. The minimum Gasteiger partial charge on any atom is -0.480 e. The van der Waals surface area contributed by atoms with Gasteiger partial charge in [-0.05, 0) is 37.6 Å². The molecule has 0 aliphatic heterocycles. The zero-order valence-electron chi connectivity index (χ0n) is 12.1. The molecule has 8 heteroatoms. The molecule has 2 aromatic rings. The van der Waals surface area contributed by atoms with E-state index < -0.39 is 15.8 Å². The molecule has 0 atom stereocenters. The van der Waals surface area contributed by atoms with E-state index in [4.69, 9.17) is 4.74 Å². The van der Waals surface area contributed by atoms with E-state index in [1.807, 2.05) is 0 Å². The van der Waals surface area contributed by atoms with Crippen molar-refractivity contribution in [3.8, 4) is 5.88 Å². The molecule has 0 unspecified atom stereocenters. The third-order valence-electron chi connectivity index (χ3n) is 3.04. The van der Waals surface area contributed by atoms with Crippen LogP contribution >= 0.6 is 0 Å². The van der Waals surface area contributed by atoms with E-state index in [1.54, 1.807) is 14.0 Å². The van der Waals surface area contributed by atoms with Gasteiger partial charge in [0.15, 0.2) is 0 Å². The average molecular weight is 313 g/mol. The lowest BCUT2D eigenvalue weighted by molar-refractivity contribution is 0.375. The maximum atomic E-state index is 13.3. The van der Waals surface area contributed by atoms with Crippen molar-refractivity contribution in [1.29, 1.82) is 0 Å². The predicted molar refractivity (Wildman–Crippen MR) is 76.4 cm³/mol. The van der Waals surface area contributed by atoms with E-state index in [-0.39, 0.29) is 16.1 Å². The van der Waals surface area contributed by atoms with Crippen LogP contribution in [0.25, 0.3) is 0 Å². The SMILES string of the molecule is COc1c(NS(=O)(=O)c2ccc(F)c(C)c2)c(C)nn1C. The van der Waals surface area contributed by atoms with Crippen molar-refractivity contribution in [3.63, 3.8) is 0 Å². The van der Waals surface area contributed by atoms with Crippen molar-refractivity contribution in [2.75, 3.05) is 11.8 Å². The number of rotatable bonds is 4. The number of sulfonamides is 1. The van der Waals surface area contributed by atoms with E-state index in [2.05, 4.69) is 9.82 Å². The van der Waals surface area contributed by atoms with Crippen molar-refractivity contribution in [2.45, 2.75) is 18.7 Å². The normalized spacial score (nSPS) is 11.5. The minimum atomic E-state index is -3.84. The summed E-state index contributed by atoms with van der Waals surface area (Å²) in [5, 5.41) is 4.10. The monoisotopic (exact) mass is 313 g/mol. The summed E-state index contributed by atoms with van der Waals surface area (Å²) in [6, 6.07) is 3.61. The number of aromatic nitrogens is 2. The van der Waals surface area contributed by atoms with Crippen LogP contribution in [0.15, 0.2) is 23.1 Å². The molecule has 0 aliphatic carbocycles. The van der Waals surface area contributed by atoms with Crippen LogP contribution < -0.4 is 9.46 Å². The van der Waals surface area contributed by atoms with Crippen LogP contribution in [0.1, 0.15) is 11.3 Å². The average Bonchev–Trinajstić information content (AvgIpc) is 2.66. The van der Waals surface area contributed by atoms with Gasteiger partial charge in [-0.15, -0.1) is 0 Å². The summed E-state index contributed by atoms with van der Waals surface area (Å²) in [4.78, 5) is -0.0216. The maximum absolute atomic E-state index is 13.3. The Balaban J connectivity index is 2.44. The Hall–Kier alpha value is -2.09. The molecule has 0 spiro atoms. The number of hydrogen-bond donors (Lipinski definition) is 1. The minimum absolute atomic E-state index is 0.0216. The summed E-state index contributed by atoms with van der Waals surface area (Å²) in [7, 11) is -0.773. The van der Waals surface area contributed by atoms with Crippen LogP contribution in [0, 0.1) is 19.7 Å². The van der Waals surface area contributed by atoms with Crippen LogP contribution in [0.4, 0.5) is 10.1 Å². The lowest BCUT2D eigenvalue weighted by Gasteiger charge is -2.10. The summed E-state index contributed by atoms with van der Waals surface area (Å²) < 4.78 is 47.0. The zero-order chi connectivity index (χ0) is 15.8. The molecule has 6 nitrogen and oxygen atoms in total. The molecule has 0 fully saturated rings. The number of halogens is 1. The molecule has 21 heavy (non-hydrogen) atoms. The first-order chi connectivity index (χ1) is 9.76. The largest absolute Gasteiger partial charge is 0.480 e. The van der Waals surface area contributed by atoms with Gasteiger partial charge >= 0.3 is 0 Å². The molecule has 0 saturated heterocycles. The first kappa shape index (κ1) is 15.3. The van der Waals surface area contributed by atoms with Gasteiger partial charge in [-0.2, -0.15) is 5.10 Å². The Kier molecular flexibility index (Phi) is 3.91. The second kappa shape index (κ2) is 5.36. The van der Waals surface area contributed by atoms with E-state index in [9.17, 15) is 12.8 Å². The molecule has 1 heterocycles. The molecular formula is C13H16FN3O3S. The number of nitrogens with zero attached hydrogens (tertiary/aromatic N) is 2. The van der Waals surface area contributed by atoms with Crippen molar-refractivity contribution in [3.05, 3.63) is 35.3 Å². The number of anilines is 1. The van der Waals surface area contributed by atoms with Gasteiger partial charge in [0.2, 0.25) is 5.88 Å². The second-order valence-corrected chi connectivity index (χ2v) is 6.29. The Morgan fingerprint density at radius 3 is 2.57 bits per heavy atom. The number of methoxy groups -OCH3 is 1. The Morgan fingerprint density at radius 1 is 1.33 bits per heavy atom. The molecule has 0 aliphatic rings. The Labute approximate surface area is 122 Å². The third-order valence-corrected chi connectivity index (χ3v) is 4.39. The standard InChI is InChI=1S/C13H16FN3O3S/c1-8-7-10(5-6-11(8)14)21(18,19)16-12-9(2)15-17(3)13(12)20-4/h5-7,16H,1-4H3. The number of nitrogens with one attached hydrogen (secondary N) is 1. The highest BCUT2D eigenvalue weighted by Crippen LogP contribution is 2.29. The fourth-order valence-corrected chi connectivity index (χ4v) is 3.17. The number of benzene rings is 1. The predicted octanol–water partition coefficient (Wildman–Crippen LogP) is 1.99. The smallest absolute Gasteiger partial charge is 0.262 e. The molecule has 0 bridgehead atoms. The second-order valence-electron chi connectivity index (χ2n) is 4.61. The lowest BCUT2D eigenvalue weighted by atomic mass is 10.2. The Bertz CT molecular complexity index is 784. The summed E-state index contributed by atoms with van der Waals surface area (Å²) in [5.41, 5.74) is 1.01.